The fourth-order valence-corrected chi connectivity index (χ4v) is 3.78. The molecule has 1 atom stereocenters. The number of rotatable bonds is 5. The van der Waals surface area contributed by atoms with E-state index in [2.05, 4.69) is 0 Å². The largest absolute Gasteiger partial charge is 0.497 e. The molecular formula is C22H22ClNO4. The zero-order valence-electron chi connectivity index (χ0n) is 16.1. The standard InChI is InChI=1S/C22H22ClNO4/c1-14-21(22(26)28-3)18(17-6-4-5-7-19(17)23)12-20(25)24(14)13-15-8-10-16(27-2)11-9-15/h4-11,18H,12-13H2,1-3H3/t18-/m0/s1. The number of nitrogens with zero attached hydrogens (tertiary/aromatic N) is 1. The van der Waals surface area contributed by atoms with Gasteiger partial charge in [-0.2, -0.15) is 0 Å². The Kier molecular flexibility index (Phi) is 6.05. The molecule has 2 aromatic rings. The van der Waals surface area contributed by atoms with Crippen molar-refractivity contribution < 1.29 is 19.1 Å². The molecule has 6 heteroatoms. The summed E-state index contributed by atoms with van der Waals surface area (Å²) >= 11 is 6.35. The quantitative estimate of drug-likeness (QED) is 0.703. The number of allylic oxidation sites excluding steroid dienone is 1. The van der Waals surface area contributed by atoms with Crippen molar-refractivity contribution in [1.29, 1.82) is 0 Å². The van der Waals surface area contributed by atoms with Crippen molar-refractivity contribution in [2.75, 3.05) is 14.2 Å². The first-order valence-electron chi connectivity index (χ1n) is 8.93. The van der Waals surface area contributed by atoms with Crippen molar-refractivity contribution in [3.63, 3.8) is 0 Å². The van der Waals surface area contributed by atoms with Crippen molar-refractivity contribution in [3.8, 4) is 5.75 Å². The maximum atomic E-state index is 13.0. The first kappa shape index (κ1) is 20.0. The molecule has 1 heterocycles. The normalized spacial score (nSPS) is 16.9. The van der Waals surface area contributed by atoms with Gasteiger partial charge in [-0.05, 0) is 36.2 Å². The first-order chi connectivity index (χ1) is 13.5. The third kappa shape index (κ3) is 3.90. The minimum Gasteiger partial charge on any atom is -0.497 e. The highest BCUT2D eigenvalue weighted by Gasteiger charge is 2.37. The van der Waals surface area contributed by atoms with Gasteiger partial charge in [0.05, 0.1) is 26.3 Å². The predicted molar refractivity (Wildman–Crippen MR) is 107 cm³/mol. The summed E-state index contributed by atoms with van der Waals surface area (Å²) in [7, 11) is 2.95. The Bertz CT molecular complexity index is 920. The van der Waals surface area contributed by atoms with Gasteiger partial charge in [0.1, 0.15) is 5.75 Å². The lowest BCUT2D eigenvalue weighted by molar-refractivity contribution is -0.138. The molecule has 28 heavy (non-hydrogen) atoms. The van der Waals surface area contributed by atoms with Crippen LogP contribution in [0.3, 0.4) is 0 Å². The fraction of sp³-hybridized carbons (Fsp3) is 0.273. The third-order valence-corrected chi connectivity index (χ3v) is 5.35. The zero-order valence-corrected chi connectivity index (χ0v) is 16.8. The number of esters is 1. The van der Waals surface area contributed by atoms with E-state index in [1.807, 2.05) is 42.5 Å². The number of carbonyl (C=O) groups excluding carboxylic acids is 2. The highest BCUT2D eigenvalue weighted by atomic mass is 35.5. The van der Waals surface area contributed by atoms with Crippen molar-refractivity contribution in [3.05, 3.63) is 76.0 Å². The van der Waals surface area contributed by atoms with Gasteiger partial charge in [-0.25, -0.2) is 4.79 Å². The minimum absolute atomic E-state index is 0.0640. The summed E-state index contributed by atoms with van der Waals surface area (Å²) in [5.41, 5.74) is 2.74. The molecule has 146 valence electrons. The van der Waals surface area contributed by atoms with E-state index in [1.54, 1.807) is 25.0 Å². The van der Waals surface area contributed by atoms with Crippen LogP contribution in [-0.2, 0) is 20.9 Å². The van der Waals surface area contributed by atoms with Crippen LogP contribution in [0.5, 0.6) is 5.75 Å². The van der Waals surface area contributed by atoms with Gasteiger partial charge in [-0.1, -0.05) is 41.9 Å². The number of ether oxygens (including phenoxy) is 2. The van der Waals surface area contributed by atoms with Crippen molar-refractivity contribution >= 4 is 23.5 Å². The number of hydrogen-bond acceptors (Lipinski definition) is 4. The number of hydrogen-bond donors (Lipinski definition) is 0. The van der Waals surface area contributed by atoms with E-state index in [4.69, 9.17) is 21.1 Å². The summed E-state index contributed by atoms with van der Waals surface area (Å²) < 4.78 is 10.2. The minimum atomic E-state index is -0.449. The Morgan fingerprint density at radius 1 is 1.14 bits per heavy atom. The molecule has 3 rings (SSSR count). The van der Waals surface area contributed by atoms with E-state index in [0.717, 1.165) is 16.9 Å². The van der Waals surface area contributed by atoms with Crippen LogP contribution < -0.4 is 4.74 Å². The molecule has 2 aromatic carbocycles. The highest BCUT2D eigenvalue weighted by molar-refractivity contribution is 6.31. The van der Waals surface area contributed by atoms with Crippen LogP contribution in [0.25, 0.3) is 0 Å². The van der Waals surface area contributed by atoms with Crippen molar-refractivity contribution in [1.82, 2.24) is 4.90 Å². The molecule has 0 saturated carbocycles. The molecular weight excluding hydrogens is 378 g/mol. The Morgan fingerprint density at radius 3 is 2.43 bits per heavy atom. The number of benzene rings is 2. The third-order valence-electron chi connectivity index (χ3n) is 5.01. The van der Waals surface area contributed by atoms with Crippen LogP contribution in [-0.4, -0.2) is 31.0 Å². The Morgan fingerprint density at radius 2 is 1.82 bits per heavy atom. The lowest BCUT2D eigenvalue weighted by atomic mass is 9.83. The van der Waals surface area contributed by atoms with Gasteiger partial charge < -0.3 is 14.4 Å². The van der Waals surface area contributed by atoms with Crippen LogP contribution in [0.2, 0.25) is 5.02 Å². The number of methoxy groups -OCH3 is 2. The molecule has 1 amide bonds. The maximum Gasteiger partial charge on any atom is 0.336 e. The van der Waals surface area contributed by atoms with Gasteiger partial charge >= 0.3 is 5.97 Å². The van der Waals surface area contributed by atoms with Gasteiger partial charge in [0.15, 0.2) is 0 Å². The molecule has 0 N–H and O–H groups in total. The van der Waals surface area contributed by atoms with Crippen LogP contribution in [0.15, 0.2) is 59.8 Å². The van der Waals surface area contributed by atoms with Crippen LogP contribution in [0.4, 0.5) is 0 Å². The molecule has 1 aliphatic heterocycles. The summed E-state index contributed by atoms with van der Waals surface area (Å²) in [5.74, 6) is -0.198. The average Bonchev–Trinajstić information content (AvgIpc) is 2.71. The average molecular weight is 400 g/mol. The van der Waals surface area contributed by atoms with Crippen molar-refractivity contribution in [2.24, 2.45) is 0 Å². The number of carbonyl (C=O) groups is 2. The molecule has 0 aliphatic carbocycles. The lowest BCUT2D eigenvalue weighted by Crippen LogP contribution is -2.38. The topological polar surface area (TPSA) is 55.8 Å². The van der Waals surface area contributed by atoms with E-state index in [0.29, 0.717) is 22.8 Å². The van der Waals surface area contributed by atoms with E-state index in [9.17, 15) is 9.59 Å². The summed E-state index contributed by atoms with van der Waals surface area (Å²) in [6.07, 6.45) is 0.154. The van der Waals surface area contributed by atoms with Gasteiger partial charge in [0.2, 0.25) is 5.91 Å². The molecule has 0 saturated heterocycles. The molecule has 1 aliphatic rings. The zero-order chi connectivity index (χ0) is 20.3. The molecule has 0 spiro atoms. The maximum absolute atomic E-state index is 13.0. The van der Waals surface area contributed by atoms with Crippen LogP contribution >= 0.6 is 11.6 Å². The summed E-state index contributed by atoms with van der Waals surface area (Å²) in [4.78, 5) is 27.2. The number of halogens is 1. The highest BCUT2D eigenvalue weighted by Crippen LogP contribution is 2.40. The van der Waals surface area contributed by atoms with Gasteiger partial charge in [0.25, 0.3) is 0 Å². The second-order valence-electron chi connectivity index (χ2n) is 6.60. The molecule has 5 nitrogen and oxygen atoms in total. The molecule has 0 aromatic heterocycles. The molecule has 0 bridgehead atoms. The van der Waals surface area contributed by atoms with E-state index in [1.165, 1.54) is 7.11 Å². The summed E-state index contributed by atoms with van der Waals surface area (Å²) in [6.45, 7) is 2.14. The SMILES string of the molecule is COC(=O)C1=C(C)N(Cc2ccc(OC)cc2)C(=O)C[C@H]1c1ccccc1Cl. The first-order valence-corrected chi connectivity index (χ1v) is 9.30. The summed E-state index contributed by atoms with van der Waals surface area (Å²) in [6, 6.07) is 14.8. The smallest absolute Gasteiger partial charge is 0.336 e. The fourth-order valence-electron chi connectivity index (χ4n) is 3.51. The van der Waals surface area contributed by atoms with Crippen LogP contribution in [0, 0.1) is 0 Å². The predicted octanol–water partition coefficient (Wildman–Crippen LogP) is 4.31. The van der Waals surface area contributed by atoms with E-state index in [-0.39, 0.29) is 12.3 Å². The Hall–Kier alpha value is -2.79. The molecule has 0 fully saturated rings. The van der Waals surface area contributed by atoms with Gasteiger partial charge in [-0.3, -0.25) is 4.79 Å². The second kappa shape index (κ2) is 8.48. The van der Waals surface area contributed by atoms with Gasteiger partial charge in [0, 0.05) is 23.1 Å². The van der Waals surface area contributed by atoms with Crippen molar-refractivity contribution in [2.45, 2.75) is 25.8 Å². The second-order valence-corrected chi connectivity index (χ2v) is 7.00. The van der Waals surface area contributed by atoms with E-state index >= 15 is 0 Å². The van der Waals surface area contributed by atoms with Gasteiger partial charge in [-0.15, -0.1) is 0 Å². The monoisotopic (exact) mass is 399 g/mol. The Labute approximate surface area is 169 Å². The summed E-state index contributed by atoms with van der Waals surface area (Å²) in [5, 5.41) is 0.526. The Balaban J connectivity index is 2.00. The lowest BCUT2D eigenvalue weighted by Gasteiger charge is -2.34. The van der Waals surface area contributed by atoms with E-state index < -0.39 is 11.9 Å². The number of amides is 1. The molecule has 0 unspecified atom stereocenters. The van der Waals surface area contributed by atoms with Crippen LogP contribution in [0.1, 0.15) is 30.4 Å². The molecule has 0 radical (unpaired) electrons.